The Morgan fingerprint density at radius 2 is 2.16 bits per heavy atom. The van der Waals surface area contributed by atoms with Gasteiger partial charge in [0.25, 0.3) is 0 Å². The molecular weight excluding hydrogens is 242 g/mol. The molecule has 0 amide bonds. The molecule has 0 aliphatic carbocycles. The van der Waals surface area contributed by atoms with Gasteiger partial charge in [-0.1, -0.05) is 6.07 Å². The van der Waals surface area contributed by atoms with Crippen LogP contribution in [0.25, 0.3) is 0 Å². The third-order valence-corrected chi connectivity index (χ3v) is 3.00. The Kier molecular flexibility index (Phi) is 3.90. The van der Waals surface area contributed by atoms with Crippen molar-refractivity contribution in [1.29, 1.82) is 0 Å². The summed E-state index contributed by atoms with van der Waals surface area (Å²) in [5.41, 5.74) is 2.49. The molecule has 1 N–H and O–H groups in total. The van der Waals surface area contributed by atoms with Crippen molar-refractivity contribution < 1.29 is 13.9 Å². The molecule has 2 rings (SSSR count). The fraction of sp³-hybridized carbons (Fsp3) is 0.267. The second-order valence-electron chi connectivity index (χ2n) is 4.40. The molecule has 0 saturated heterocycles. The summed E-state index contributed by atoms with van der Waals surface area (Å²) in [5, 5.41) is 3.33. The fourth-order valence-corrected chi connectivity index (χ4v) is 1.86. The number of hydrogen-bond donors (Lipinski definition) is 1. The lowest BCUT2D eigenvalue weighted by molar-refractivity contribution is 0.0601. The number of nitrogens with one attached hydrogen (secondary N) is 1. The van der Waals surface area contributed by atoms with Crippen molar-refractivity contribution in [1.82, 2.24) is 0 Å². The maximum atomic E-state index is 11.5. The fourth-order valence-electron chi connectivity index (χ4n) is 1.86. The minimum absolute atomic E-state index is 0.0293. The molecular formula is C15H17NO3. The van der Waals surface area contributed by atoms with Gasteiger partial charge in [0.1, 0.15) is 5.76 Å². The van der Waals surface area contributed by atoms with E-state index in [2.05, 4.69) is 5.32 Å². The third-order valence-electron chi connectivity index (χ3n) is 3.00. The van der Waals surface area contributed by atoms with E-state index in [1.54, 1.807) is 18.4 Å². The number of hydrogen-bond acceptors (Lipinski definition) is 4. The van der Waals surface area contributed by atoms with Gasteiger partial charge in [0.2, 0.25) is 0 Å². The lowest BCUT2D eigenvalue weighted by atomic mass is 10.1. The molecule has 1 heterocycles. The van der Waals surface area contributed by atoms with Crippen molar-refractivity contribution in [3.8, 4) is 0 Å². The second kappa shape index (κ2) is 5.61. The average molecular weight is 259 g/mol. The van der Waals surface area contributed by atoms with Crippen LogP contribution in [-0.4, -0.2) is 13.1 Å². The number of esters is 1. The number of anilines is 1. The van der Waals surface area contributed by atoms with E-state index in [0.717, 1.165) is 17.0 Å². The van der Waals surface area contributed by atoms with Gasteiger partial charge >= 0.3 is 5.97 Å². The zero-order chi connectivity index (χ0) is 13.8. The van der Waals surface area contributed by atoms with Gasteiger partial charge in [-0.05, 0) is 43.7 Å². The van der Waals surface area contributed by atoms with Crippen LogP contribution in [0.1, 0.15) is 34.6 Å². The number of rotatable bonds is 4. The Morgan fingerprint density at radius 3 is 2.79 bits per heavy atom. The molecule has 100 valence electrons. The first kappa shape index (κ1) is 13.2. The average Bonchev–Trinajstić information content (AvgIpc) is 2.94. The van der Waals surface area contributed by atoms with Gasteiger partial charge in [0.15, 0.2) is 0 Å². The summed E-state index contributed by atoms with van der Waals surface area (Å²) in [5.74, 6) is 0.511. The molecule has 4 nitrogen and oxygen atoms in total. The highest BCUT2D eigenvalue weighted by Crippen LogP contribution is 2.23. The van der Waals surface area contributed by atoms with E-state index in [1.165, 1.54) is 7.11 Å². The molecule has 1 unspecified atom stereocenters. The van der Waals surface area contributed by atoms with Crippen molar-refractivity contribution in [2.24, 2.45) is 0 Å². The molecule has 0 spiro atoms. The van der Waals surface area contributed by atoms with Crippen molar-refractivity contribution in [3.05, 3.63) is 53.5 Å². The van der Waals surface area contributed by atoms with E-state index < -0.39 is 0 Å². The number of benzene rings is 1. The first-order valence-corrected chi connectivity index (χ1v) is 6.10. The van der Waals surface area contributed by atoms with E-state index in [9.17, 15) is 4.79 Å². The smallest absolute Gasteiger partial charge is 0.337 e. The molecule has 1 aromatic carbocycles. The van der Waals surface area contributed by atoms with E-state index in [1.807, 2.05) is 32.0 Å². The van der Waals surface area contributed by atoms with Crippen LogP contribution in [0.3, 0.4) is 0 Å². The van der Waals surface area contributed by atoms with Crippen LogP contribution in [0.15, 0.2) is 41.0 Å². The van der Waals surface area contributed by atoms with E-state index >= 15 is 0 Å². The maximum Gasteiger partial charge on any atom is 0.337 e. The summed E-state index contributed by atoms with van der Waals surface area (Å²) in [7, 11) is 1.38. The van der Waals surface area contributed by atoms with Crippen molar-refractivity contribution in [2.75, 3.05) is 12.4 Å². The summed E-state index contributed by atoms with van der Waals surface area (Å²) in [6.07, 6.45) is 1.64. The summed E-state index contributed by atoms with van der Waals surface area (Å²) in [4.78, 5) is 11.5. The molecule has 0 radical (unpaired) electrons. The predicted molar refractivity (Wildman–Crippen MR) is 73.3 cm³/mol. The molecule has 1 atom stereocenters. The van der Waals surface area contributed by atoms with E-state index in [-0.39, 0.29) is 12.0 Å². The van der Waals surface area contributed by atoms with Crippen LogP contribution < -0.4 is 5.32 Å². The molecule has 0 fully saturated rings. The molecule has 19 heavy (non-hydrogen) atoms. The third kappa shape index (κ3) is 2.96. The van der Waals surface area contributed by atoms with E-state index in [0.29, 0.717) is 5.56 Å². The largest absolute Gasteiger partial charge is 0.467 e. The number of furan rings is 1. The van der Waals surface area contributed by atoms with Crippen LogP contribution in [-0.2, 0) is 4.74 Å². The van der Waals surface area contributed by atoms with Crippen LogP contribution >= 0.6 is 0 Å². The second-order valence-corrected chi connectivity index (χ2v) is 4.40. The Labute approximate surface area is 112 Å². The molecule has 0 aliphatic rings. The maximum absolute atomic E-state index is 11.5. The topological polar surface area (TPSA) is 51.5 Å². The highest BCUT2D eigenvalue weighted by molar-refractivity contribution is 5.90. The van der Waals surface area contributed by atoms with Gasteiger partial charge in [-0.25, -0.2) is 4.79 Å². The lowest BCUT2D eigenvalue weighted by Gasteiger charge is -2.15. The molecule has 0 bridgehead atoms. The number of aryl methyl sites for hydroxylation is 1. The molecule has 2 aromatic rings. The summed E-state index contributed by atoms with van der Waals surface area (Å²) in [6, 6.07) is 9.23. The molecule has 1 aromatic heterocycles. The molecule has 0 saturated carbocycles. The number of methoxy groups -OCH3 is 1. The Bertz CT molecular complexity index is 561. The number of carbonyl (C=O) groups is 1. The van der Waals surface area contributed by atoms with Crippen molar-refractivity contribution in [3.63, 3.8) is 0 Å². The SMILES string of the molecule is COC(=O)c1ccc(C)c(NC(C)c2ccco2)c1. The predicted octanol–water partition coefficient (Wildman–Crippen LogP) is 3.55. The minimum Gasteiger partial charge on any atom is -0.467 e. The van der Waals surface area contributed by atoms with Gasteiger partial charge in [-0.3, -0.25) is 0 Å². The van der Waals surface area contributed by atoms with Gasteiger partial charge < -0.3 is 14.5 Å². The quantitative estimate of drug-likeness (QED) is 0.853. The minimum atomic E-state index is -0.339. The van der Waals surface area contributed by atoms with Crippen LogP contribution in [0.4, 0.5) is 5.69 Å². The Balaban J connectivity index is 2.22. The van der Waals surface area contributed by atoms with Crippen LogP contribution in [0, 0.1) is 6.92 Å². The zero-order valence-corrected chi connectivity index (χ0v) is 11.3. The summed E-state index contributed by atoms with van der Waals surface area (Å²) >= 11 is 0. The Morgan fingerprint density at radius 1 is 1.37 bits per heavy atom. The zero-order valence-electron chi connectivity index (χ0n) is 11.3. The first-order chi connectivity index (χ1) is 9.11. The van der Waals surface area contributed by atoms with E-state index in [4.69, 9.17) is 9.15 Å². The van der Waals surface area contributed by atoms with Crippen LogP contribution in [0.5, 0.6) is 0 Å². The molecule has 4 heteroatoms. The standard InChI is InChI=1S/C15H17NO3/c1-10-6-7-12(15(17)18-3)9-13(10)16-11(2)14-5-4-8-19-14/h4-9,11,16H,1-3H3. The van der Waals surface area contributed by atoms with Gasteiger partial charge in [-0.15, -0.1) is 0 Å². The van der Waals surface area contributed by atoms with Crippen LogP contribution in [0.2, 0.25) is 0 Å². The monoisotopic (exact) mass is 259 g/mol. The summed E-state index contributed by atoms with van der Waals surface area (Å²) in [6.45, 7) is 3.99. The van der Waals surface area contributed by atoms with Gasteiger partial charge in [-0.2, -0.15) is 0 Å². The highest BCUT2D eigenvalue weighted by atomic mass is 16.5. The van der Waals surface area contributed by atoms with Gasteiger partial charge in [0.05, 0.1) is 25.0 Å². The highest BCUT2D eigenvalue weighted by Gasteiger charge is 2.12. The molecule has 0 aliphatic heterocycles. The van der Waals surface area contributed by atoms with Gasteiger partial charge in [0, 0.05) is 5.69 Å². The number of carbonyl (C=O) groups excluding carboxylic acids is 1. The normalized spacial score (nSPS) is 11.9. The van der Waals surface area contributed by atoms with Crippen molar-refractivity contribution >= 4 is 11.7 Å². The lowest BCUT2D eigenvalue weighted by Crippen LogP contribution is -2.08. The first-order valence-electron chi connectivity index (χ1n) is 6.10. The van der Waals surface area contributed by atoms with Crippen molar-refractivity contribution in [2.45, 2.75) is 19.9 Å². The number of ether oxygens (including phenoxy) is 1. The summed E-state index contributed by atoms with van der Waals surface area (Å²) < 4.78 is 10.1. The Hall–Kier alpha value is -2.23.